The van der Waals surface area contributed by atoms with E-state index in [4.69, 9.17) is 0 Å². The third-order valence-corrected chi connectivity index (χ3v) is 3.24. The molecule has 0 aliphatic heterocycles. The average Bonchev–Trinajstić information content (AvgIpc) is 2.61. The summed E-state index contributed by atoms with van der Waals surface area (Å²) >= 11 is 5.00. The van der Waals surface area contributed by atoms with Crippen LogP contribution in [0.3, 0.4) is 0 Å². The lowest BCUT2D eigenvalue weighted by Crippen LogP contribution is -1.92. The van der Waals surface area contributed by atoms with Crippen LogP contribution in [0.2, 0.25) is 0 Å². The van der Waals surface area contributed by atoms with E-state index >= 15 is 0 Å². The fraction of sp³-hybridized carbons (Fsp3) is 0.250. The van der Waals surface area contributed by atoms with Crippen molar-refractivity contribution in [1.29, 1.82) is 0 Å². The molecule has 0 bridgehead atoms. The summed E-state index contributed by atoms with van der Waals surface area (Å²) in [4.78, 5) is 5.63. The zero-order valence-corrected chi connectivity index (χ0v) is 9.69. The summed E-state index contributed by atoms with van der Waals surface area (Å²) in [5.41, 5.74) is 1.08. The van der Waals surface area contributed by atoms with Gasteiger partial charge in [0.1, 0.15) is 0 Å². The lowest BCUT2D eigenvalue weighted by atomic mass is 10.4. The molecule has 0 aliphatic carbocycles. The topological polar surface area (TPSA) is 30.7 Å². The molecule has 2 heterocycles. The Kier molecular flexibility index (Phi) is 2.21. The normalized spacial score (nSPS) is 10.7. The first kappa shape index (κ1) is 8.90. The van der Waals surface area contributed by atoms with Crippen molar-refractivity contribution in [2.75, 3.05) is 0 Å². The van der Waals surface area contributed by atoms with Gasteiger partial charge >= 0.3 is 0 Å². The number of rotatable bonds is 1. The molecule has 68 valence electrons. The van der Waals surface area contributed by atoms with Gasteiger partial charge in [0, 0.05) is 11.1 Å². The van der Waals surface area contributed by atoms with Crippen LogP contribution >= 0.6 is 27.3 Å². The molecular formula is C8H8BrN3S. The van der Waals surface area contributed by atoms with E-state index in [-0.39, 0.29) is 0 Å². The maximum atomic E-state index is 4.39. The van der Waals surface area contributed by atoms with E-state index in [0.29, 0.717) is 0 Å². The van der Waals surface area contributed by atoms with E-state index in [2.05, 4.69) is 32.9 Å². The van der Waals surface area contributed by atoms with Crippen LogP contribution in [-0.2, 0) is 0 Å². The monoisotopic (exact) mass is 257 g/mol. The van der Waals surface area contributed by atoms with E-state index in [1.54, 1.807) is 22.2 Å². The van der Waals surface area contributed by atoms with Crippen LogP contribution < -0.4 is 0 Å². The predicted octanol–water partition coefficient (Wildman–Crippen LogP) is 2.71. The molecule has 0 aliphatic rings. The first-order valence-corrected chi connectivity index (χ1v) is 5.42. The molecule has 0 amide bonds. The van der Waals surface area contributed by atoms with Gasteiger partial charge in [-0.2, -0.15) is 5.10 Å². The molecule has 0 N–H and O–H groups in total. The Bertz CT molecular complexity index is 413. The number of hydrogen-bond donors (Lipinski definition) is 0. The Morgan fingerprint density at radius 3 is 2.69 bits per heavy atom. The van der Waals surface area contributed by atoms with Gasteiger partial charge in [-0.3, -0.25) is 0 Å². The molecule has 13 heavy (non-hydrogen) atoms. The summed E-state index contributed by atoms with van der Waals surface area (Å²) in [6, 6.07) is 0. The van der Waals surface area contributed by atoms with Crippen LogP contribution in [0.5, 0.6) is 0 Å². The Labute approximate surface area is 88.6 Å². The van der Waals surface area contributed by atoms with Gasteiger partial charge in [-0.05, 0) is 29.8 Å². The quantitative estimate of drug-likeness (QED) is 0.787. The molecule has 0 spiro atoms. The van der Waals surface area contributed by atoms with E-state index in [1.165, 1.54) is 4.88 Å². The Morgan fingerprint density at radius 1 is 1.46 bits per heavy atom. The number of hydrogen-bond acceptors (Lipinski definition) is 3. The summed E-state index contributed by atoms with van der Waals surface area (Å²) in [5.74, 6) is 0. The van der Waals surface area contributed by atoms with Gasteiger partial charge in [0.2, 0.25) is 5.13 Å². The van der Waals surface area contributed by atoms with Crippen LogP contribution in [0, 0.1) is 13.8 Å². The van der Waals surface area contributed by atoms with Crippen LogP contribution in [0.4, 0.5) is 0 Å². The fourth-order valence-corrected chi connectivity index (χ4v) is 2.09. The van der Waals surface area contributed by atoms with Gasteiger partial charge in [-0.25, -0.2) is 9.67 Å². The second kappa shape index (κ2) is 3.23. The highest BCUT2D eigenvalue weighted by atomic mass is 79.9. The molecule has 0 fully saturated rings. The van der Waals surface area contributed by atoms with E-state index in [1.807, 2.05) is 13.1 Å². The van der Waals surface area contributed by atoms with E-state index < -0.39 is 0 Å². The van der Waals surface area contributed by atoms with Crippen LogP contribution in [-0.4, -0.2) is 14.8 Å². The summed E-state index contributed by atoms with van der Waals surface area (Å²) in [7, 11) is 0. The highest BCUT2D eigenvalue weighted by Crippen LogP contribution is 2.20. The minimum atomic E-state index is 0.917. The van der Waals surface area contributed by atoms with Crippen molar-refractivity contribution in [1.82, 2.24) is 14.8 Å². The summed E-state index contributed by atoms with van der Waals surface area (Å²) < 4.78 is 2.74. The van der Waals surface area contributed by atoms with E-state index in [9.17, 15) is 0 Å². The predicted molar refractivity (Wildman–Crippen MR) is 56.4 cm³/mol. The SMILES string of the molecule is Cc1nc(-n2cc(Br)cn2)sc1C. The van der Waals surface area contributed by atoms with Gasteiger partial charge in [0.25, 0.3) is 0 Å². The Balaban J connectivity index is 2.46. The molecule has 2 aromatic rings. The highest BCUT2D eigenvalue weighted by molar-refractivity contribution is 9.10. The molecule has 0 radical (unpaired) electrons. The zero-order chi connectivity index (χ0) is 9.42. The van der Waals surface area contributed by atoms with Crippen molar-refractivity contribution in [3.05, 3.63) is 27.4 Å². The number of halogens is 1. The maximum Gasteiger partial charge on any atom is 0.210 e. The number of nitrogens with zero attached hydrogens (tertiary/aromatic N) is 3. The maximum absolute atomic E-state index is 4.39. The van der Waals surface area contributed by atoms with Crippen molar-refractivity contribution in [3.63, 3.8) is 0 Å². The summed E-state index contributed by atoms with van der Waals surface area (Å²) in [5, 5.41) is 5.08. The summed E-state index contributed by atoms with van der Waals surface area (Å²) in [6.45, 7) is 4.07. The zero-order valence-electron chi connectivity index (χ0n) is 7.28. The van der Waals surface area contributed by atoms with Crippen molar-refractivity contribution in [2.24, 2.45) is 0 Å². The van der Waals surface area contributed by atoms with Gasteiger partial charge in [0.05, 0.1) is 16.4 Å². The average molecular weight is 258 g/mol. The number of aryl methyl sites for hydroxylation is 2. The van der Waals surface area contributed by atoms with Gasteiger partial charge in [-0.15, -0.1) is 0 Å². The molecule has 5 heteroatoms. The Morgan fingerprint density at radius 2 is 2.23 bits per heavy atom. The second-order valence-corrected chi connectivity index (χ2v) is 4.84. The number of aromatic nitrogens is 3. The standard InChI is InChI=1S/C8H8BrN3S/c1-5-6(2)13-8(11-5)12-4-7(9)3-10-12/h3-4H,1-2H3. The van der Waals surface area contributed by atoms with Gasteiger partial charge in [-0.1, -0.05) is 11.3 Å². The van der Waals surface area contributed by atoms with Crippen molar-refractivity contribution < 1.29 is 0 Å². The third kappa shape index (κ3) is 1.66. The largest absolute Gasteiger partial charge is 0.223 e. The molecule has 0 unspecified atom stereocenters. The first-order valence-electron chi connectivity index (χ1n) is 3.81. The van der Waals surface area contributed by atoms with Crippen LogP contribution in [0.1, 0.15) is 10.6 Å². The lowest BCUT2D eigenvalue weighted by molar-refractivity contribution is 0.865. The van der Waals surface area contributed by atoms with Gasteiger partial charge < -0.3 is 0 Å². The smallest absolute Gasteiger partial charge is 0.210 e. The minimum absolute atomic E-state index is 0.917. The van der Waals surface area contributed by atoms with Crippen molar-refractivity contribution in [2.45, 2.75) is 13.8 Å². The Hall–Kier alpha value is -0.680. The molecule has 2 rings (SSSR count). The third-order valence-electron chi connectivity index (χ3n) is 1.76. The van der Waals surface area contributed by atoms with Crippen LogP contribution in [0.25, 0.3) is 5.13 Å². The van der Waals surface area contributed by atoms with Crippen molar-refractivity contribution >= 4 is 27.3 Å². The molecule has 0 saturated heterocycles. The van der Waals surface area contributed by atoms with E-state index in [0.717, 1.165) is 15.3 Å². The highest BCUT2D eigenvalue weighted by Gasteiger charge is 2.05. The van der Waals surface area contributed by atoms with Crippen molar-refractivity contribution in [3.8, 4) is 5.13 Å². The van der Waals surface area contributed by atoms with Crippen LogP contribution in [0.15, 0.2) is 16.9 Å². The molecule has 0 saturated carbocycles. The second-order valence-electron chi connectivity index (χ2n) is 2.74. The molecule has 0 atom stereocenters. The molecular weight excluding hydrogens is 250 g/mol. The fourth-order valence-electron chi connectivity index (χ4n) is 0.959. The number of thiazole rings is 1. The summed E-state index contributed by atoms with van der Waals surface area (Å²) in [6.07, 6.45) is 3.66. The minimum Gasteiger partial charge on any atom is -0.223 e. The lowest BCUT2D eigenvalue weighted by Gasteiger charge is -1.90. The molecule has 2 aromatic heterocycles. The first-order chi connectivity index (χ1) is 6.16. The molecule has 0 aromatic carbocycles. The molecule has 3 nitrogen and oxygen atoms in total. The van der Waals surface area contributed by atoms with Gasteiger partial charge in [0.15, 0.2) is 0 Å².